The summed E-state index contributed by atoms with van der Waals surface area (Å²) in [6.45, 7) is -0.0332. The number of amides is 1. The van der Waals surface area contributed by atoms with Crippen molar-refractivity contribution in [2.24, 2.45) is 0 Å². The number of halogens is 1. The first-order valence-corrected chi connectivity index (χ1v) is 8.26. The number of nitrogens with zero attached hydrogens (tertiary/aromatic N) is 3. The van der Waals surface area contributed by atoms with Crippen LogP contribution in [-0.4, -0.2) is 46.0 Å². The first-order valence-electron chi connectivity index (χ1n) is 7.89. The van der Waals surface area contributed by atoms with E-state index in [2.05, 4.69) is 15.4 Å². The fraction of sp³-hybridized carbons (Fsp3) is 0.167. The fourth-order valence-corrected chi connectivity index (χ4v) is 2.56. The number of hydrogen-bond donors (Lipinski definition) is 2. The highest BCUT2D eigenvalue weighted by atomic mass is 35.5. The maximum absolute atomic E-state index is 12.2. The van der Waals surface area contributed by atoms with E-state index in [-0.39, 0.29) is 19.0 Å². The molecule has 1 heterocycles. The SMILES string of the molecule is COc1ccc(-n2nc(C(=O)NCCO)nc2-c2cccc(Cl)c2)cc1. The molecule has 1 amide bonds. The van der Waals surface area contributed by atoms with Crippen LogP contribution in [0.3, 0.4) is 0 Å². The summed E-state index contributed by atoms with van der Waals surface area (Å²) < 4.78 is 6.74. The van der Waals surface area contributed by atoms with Crippen molar-refractivity contribution in [3.05, 3.63) is 59.4 Å². The van der Waals surface area contributed by atoms with E-state index >= 15 is 0 Å². The molecule has 8 heteroatoms. The number of benzene rings is 2. The molecular weight excluding hydrogens is 356 g/mol. The number of aliphatic hydroxyl groups excluding tert-OH is 1. The lowest BCUT2D eigenvalue weighted by atomic mass is 10.2. The molecule has 3 aromatic rings. The van der Waals surface area contributed by atoms with Crippen LogP contribution in [0.1, 0.15) is 10.6 Å². The second-order valence-corrected chi connectivity index (χ2v) is 5.80. The van der Waals surface area contributed by atoms with Gasteiger partial charge in [0.05, 0.1) is 19.4 Å². The molecule has 26 heavy (non-hydrogen) atoms. The second kappa shape index (κ2) is 7.99. The highest BCUT2D eigenvalue weighted by molar-refractivity contribution is 6.30. The van der Waals surface area contributed by atoms with E-state index in [9.17, 15) is 4.79 Å². The third-order valence-electron chi connectivity index (χ3n) is 3.61. The Kier molecular flexibility index (Phi) is 5.50. The minimum Gasteiger partial charge on any atom is -0.497 e. The summed E-state index contributed by atoms with van der Waals surface area (Å²) in [5.41, 5.74) is 1.44. The lowest BCUT2D eigenvalue weighted by Gasteiger charge is -2.07. The van der Waals surface area contributed by atoms with E-state index in [1.165, 1.54) is 0 Å². The van der Waals surface area contributed by atoms with E-state index in [0.717, 1.165) is 11.3 Å². The maximum Gasteiger partial charge on any atom is 0.291 e. The Bertz CT molecular complexity index is 909. The molecule has 0 aliphatic rings. The summed E-state index contributed by atoms with van der Waals surface area (Å²) >= 11 is 6.09. The third kappa shape index (κ3) is 3.84. The summed E-state index contributed by atoms with van der Waals surface area (Å²) in [6.07, 6.45) is 0. The molecule has 0 unspecified atom stereocenters. The van der Waals surface area contributed by atoms with Crippen molar-refractivity contribution in [3.63, 3.8) is 0 Å². The standard InChI is InChI=1S/C18H17ClN4O3/c1-26-15-7-5-14(6-8-15)23-17(12-3-2-4-13(19)11-12)21-16(22-23)18(25)20-9-10-24/h2-8,11,24H,9-10H2,1H3,(H,20,25). The normalized spacial score (nSPS) is 10.6. The number of ether oxygens (including phenoxy) is 1. The Labute approximate surface area is 155 Å². The van der Waals surface area contributed by atoms with Gasteiger partial charge in [0, 0.05) is 17.1 Å². The average Bonchev–Trinajstić information content (AvgIpc) is 3.11. The number of nitrogens with one attached hydrogen (secondary N) is 1. The molecule has 0 saturated carbocycles. The van der Waals surface area contributed by atoms with Crippen LogP contribution in [0.5, 0.6) is 5.75 Å². The largest absolute Gasteiger partial charge is 0.497 e. The molecule has 0 aliphatic heterocycles. The van der Waals surface area contributed by atoms with E-state index in [1.807, 2.05) is 18.2 Å². The topological polar surface area (TPSA) is 89.3 Å². The van der Waals surface area contributed by atoms with Gasteiger partial charge in [0.1, 0.15) is 5.75 Å². The first-order chi connectivity index (χ1) is 12.6. The van der Waals surface area contributed by atoms with Crippen LogP contribution in [-0.2, 0) is 0 Å². The monoisotopic (exact) mass is 372 g/mol. The van der Waals surface area contributed by atoms with Gasteiger partial charge in [-0.2, -0.15) is 0 Å². The Morgan fingerprint density at radius 1 is 1.27 bits per heavy atom. The van der Waals surface area contributed by atoms with Crippen molar-refractivity contribution >= 4 is 17.5 Å². The van der Waals surface area contributed by atoms with Crippen LogP contribution in [0, 0.1) is 0 Å². The third-order valence-corrected chi connectivity index (χ3v) is 3.84. The summed E-state index contributed by atoms with van der Waals surface area (Å²) in [6, 6.07) is 14.4. The first kappa shape index (κ1) is 17.9. The van der Waals surface area contributed by atoms with Gasteiger partial charge in [0.25, 0.3) is 5.91 Å². The molecule has 0 atom stereocenters. The molecule has 0 spiro atoms. The van der Waals surface area contributed by atoms with Crippen molar-refractivity contribution in [1.82, 2.24) is 20.1 Å². The van der Waals surface area contributed by atoms with E-state index in [1.54, 1.807) is 42.1 Å². The number of carbonyl (C=O) groups is 1. The van der Waals surface area contributed by atoms with Gasteiger partial charge in [-0.25, -0.2) is 9.67 Å². The molecule has 134 valence electrons. The molecule has 1 aromatic heterocycles. The average molecular weight is 373 g/mol. The second-order valence-electron chi connectivity index (χ2n) is 5.36. The van der Waals surface area contributed by atoms with E-state index in [0.29, 0.717) is 16.6 Å². The van der Waals surface area contributed by atoms with Gasteiger partial charge in [0.15, 0.2) is 5.82 Å². The molecule has 0 radical (unpaired) electrons. The molecule has 3 rings (SSSR count). The molecule has 2 aromatic carbocycles. The fourth-order valence-electron chi connectivity index (χ4n) is 2.37. The molecule has 2 N–H and O–H groups in total. The van der Waals surface area contributed by atoms with Crippen LogP contribution in [0.2, 0.25) is 5.02 Å². The van der Waals surface area contributed by atoms with Crippen molar-refractivity contribution in [3.8, 4) is 22.8 Å². The zero-order chi connectivity index (χ0) is 18.5. The number of aliphatic hydroxyl groups is 1. The molecule has 0 fully saturated rings. The zero-order valence-electron chi connectivity index (χ0n) is 14.0. The molecule has 0 aliphatic carbocycles. The molecule has 7 nitrogen and oxygen atoms in total. The van der Waals surface area contributed by atoms with Crippen LogP contribution < -0.4 is 10.1 Å². The summed E-state index contributed by atoms with van der Waals surface area (Å²) in [5.74, 6) is 0.727. The van der Waals surface area contributed by atoms with Gasteiger partial charge in [-0.15, -0.1) is 5.10 Å². The molecule has 0 saturated heterocycles. The minimum absolute atomic E-state index is 0.00393. The van der Waals surface area contributed by atoms with Crippen LogP contribution in [0.4, 0.5) is 0 Å². The van der Waals surface area contributed by atoms with Crippen LogP contribution in [0.15, 0.2) is 48.5 Å². The van der Waals surface area contributed by atoms with E-state index in [4.69, 9.17) is 21.4 Å². The summed E-state index contributed by atoms with van der Waals surface area (Å²) in [4.78, 5) is 16.6. The number of hydrogen-bond acceptors (Lipinski definition) is 5. The summed E-state index contributed by atoms with van der Waals surface area (Å²) in [5, 5.41) is 16.3. The quantitative estimate of drug-likeness (QED) is 0.693. The van der Waals surface area contributed by atoms with Gasteiger partial charge in [-0.1, -0.05) is 23.7 Å². The van der Waals surface area contributed by atoms with Crippen molar-refractivity contribution in [2.75, 3.05) is 20.3 Å². The predicted octanol–water partition coefficient (Wildman–Crippen LogP) is 2.32. The Morgan fingerprint density at radius 3 is 2.69 bits per heavy atom. The van der Waals surface area contributed by atoms with E-state index < -0.39 is 5.91 Å². The maximum atomic E-state index is 12.2. The van der Waals surface area contributed by atoms with Crippen LogP contribution in [0.25, 0.3) is 17.1 Å². The lowest BCUT2D eigenvalue weighted by molar-refractivity contribution is 0.0934. The highest BCUT2D eigenvalue weighted by Gasteiger charge is 2.18. The van der Waals surface area contributed by atoms with Crippen molar-refractivity contribution in [1.29, 1.82) is 0 Å². The van der Waals surface area contributed by atoms with Gasteiger partial charge >= 0.3 is 0 Å². The van der Waals surface area contributed by atoms with Gasteiger partial charge in [-0.05, 0) is 36.4 Å². The highest BCUT2D eigenvalue weighted by Crippen LogP contribution is 2.25. The van der Waals surface area contributed by atoms with Crippen molar-refractivity contribution in [2.45, 2.75) is 0 Å². The van der Waals surface area contributed by atoms with Gasteiger partial charge in [0.2, 0.25) is 5.82 Å². The number of methoxy groups -OCH3 is 1. The minimum atomic E-state index is -0.463. The van der Waals surface area contributed by atoms with Crippen LogP contribution >= 0.6 is 11.6 Å². The Morgan fingerprint density at radius 2 is 2.04 bits per heavy atom. The lowest BCUT2D eigenvalue weighted by Crippen LogP contribution is -2.27. The number of carbonyl (C=O) groups excluding carboxylic acids is 1. The van der Waals surface area contributed by atoms with Crippen molar-refractivity contribution < 1.29 is 14.6 Å². The molecule has 0 bridgehead atoms. The zero-order valence-corrected chi connectivity index (χ0v) is 14.8. The number of aromatic nitrogens is 3. The molecular formula is C18H17ClN4O3. The summed E-state index contributed by atoms with van der Waals surface area (Å²) in [7, 11) is 1.59. The Balaban J connectivity index is 2.07. The smallest absolute Gasteiger partial charge is 0.291 e. The Hall–Kier alpha value is -2.90. The predicted molar refractivity (Wildman–Crippen MR) is 97.8 cm³/mol. The van der Waals surface area contributed by atoms with Gasteiger partial charge in [-0.3, -0.25) is 4.79 Å². The number of rotatable bonds is 6. The van der Waals surface area contributed by atoms with Gasteiger partial charge < -0.3 is 15.2 Å².